The highest BCUT2D eigenvalue weighted by molar-refractivity contribution is 7.09. The zero-order valence-corrected chi connectivity index (χ0v) is 11.2. The summed E-state index contributed by atoms with van der Waals surface area (Å²) < 4.78 is 5.11. The van der Waals surface area contributed by atoms with Crippen LogP contribution in [-0.2, 0) is 13.0 Å². The van der Waals surface area contributed by atoms with Crippen LogP contribution in [0.1, 0.15) is 27.7 Å². The standard InChI is InChI=1S/C12H17N3OS/c1-8-12(9(2)16-15-8)6-13-5-4-11-7-17-10(3)14-11/h7,13H,4-6H2,1-3H3. The number of aryl methyl sites for hydroxylation is 3. The Balaban J connectivity index is 1.77. The van der Waals surface area contributed by atoms with Gasteiger partial charge in [-0.3, -0.25) is 0 Å². The Bertz CT molecular complexity index is 470. The van der Waals surface area contributed by atoms with Gasteiger partial charge in [0.05, 0.1) is 16.4 Å². The molecule has 92 valence electrons. The highest BCUT2D eigenvalue weighted by Crippen LogP contribution is 2.11. The summed E-state index contributed by atoms with van der Waals surface area (Å²) in [5.41, 5.74) is 3.30. The van der Waals surface area contributed by atoms with Crippen LogP contribution in [0, 0.1) is 20.8 Å². The van der Waals surface area contributed by atoms with Crippen LogP contribution < -0.4 is 5.32 Å². The minimum absolute atomic E-state index is 0.810. The first-order chi connectivity index (χ1) is 8.16. The molecule has 17 heavy (non-hydrogen) atoms. The van der Waals surface area contributed by atoms with Crippen LogP contribution in [0.25, 0.3) is 0 Å². The van der Waals surface area contributed by atoms with Crippen LogP contribution in [0.3, 0.4) is 0 Å². The Hall–Kier alpha value is -1.20. The Morgan fingerprint density at radius 2 is 2.18 bits per heavy atom. The van der Waals surface area contributed by atoms with Gasteiger partial charge in [0.2, 0.25) is 0 Å². The molecular formula is C12H17N3OS. The van der Waals surface area contributed by atoms with Gasteiger partial charge in [0, 0.05) is 30.5 Å². The fraction of sp³-hybridized carbons (Fsp3) is 0.500. The van der Waals surface area contributed by atoms with Crippen LogP contribution in [0.5, 0.6) is 0 Å². The summed E-state index contributed by atoms with van der Waals surface area (Å²) in [4.78, 5) is 4.43. The van der Waals surface area contributed by atoms with E-state index in [1.54, 1.807) is 11.3 Å². The molecule has 2 heterocycles. The van der Waals surface area contributed by atoms with Crippen LogP contribution in [-0.4, -0.2) is 16.7 Å². The largest absolute Gasteiger partial charge is 0.361 e. The molecule has 0 fully saturated rings. The van der Waals surface area contributed by atoms with Crippen LogP contribution >= 0.6 is 11.3 Å². The normalized spacial score (nSPS) is 11.0. The van der Waals surface area contributed by atoms with Crippen molar-refractivity contribution in [1.82, 2.24) is 15.5 Å². The lowest BCUT2D eigenvalue weighted by Crippen LogP contribution is -2.17. The van der Waals surface area contributed by atoms with E-state index in [1.165, 1.54) is 11.3 Å². The number of nitrogens with one attached hydrogen (secondary N) is 1. The average Bonchev–Trinajstić information content (AvgIpc) is 2.83. The van der Waals surface area contributed by atoms with Crippen LogP contribution in [0.2, 0.25) is 0 Å². The van der Waals surface area contributed by atoms with Gasteiger partial charge in [-0.15, -0.1) is 11.3 Å². The van der Waals surface area contributed by atoms with E-state index >= 15 is 0 Å². The Morgan fingerprint density at radius 1 is 1.35 bits per heavy atom. The van der Waals surface area contributed by atoms with Gasteiger partial charge < -0.3 is 9.84 Å². The van der Waals surface area contributed by atoms with Crippen molar-refractivity contribution >= 4 is 11.3 Å². The summed E-state index contributed by atoms with van der Waals surface area (Å²) in [6.07, 6.45) is 0.966. The number of rotatable bonds is 5. The lowest BCUT2D eigenvalue weighted by Gasteiger charge is -2.02. The fourth-order valence-corrected chi connectivity index (χ4v) is 2.35. The maximum Gasteiger partial charge on any atom is 0.138 e. The molecule has 0 saturated carbocycles. The predicted molar refractivity (Wildman–Crippen MR) is 68.2 cm³/mol. The van der Waals surface area contributed by atoms with Crippen LogP contribution in [0.4, 0.5) is 0 Å². The van der Waals surface area contributed by atoms with Gasteiger partial charge >= 0.3 is 0 Å². The molecule has 0 aliphatic heterocycles. The fourth-order valence-electron chi connectivity index (χ4n) is 1.71. The van der Waals surface area contributed by atoms with Crippen molar-refractivity contribution < 1.29 is 4.52 Å². The van der Waals surface area contributed by atoms with E-state index in [0.717, 1.165) is 36.0 Å². The van der Waals surface area contributed by atoms with Crippen molar-refractivity contribution in [3.05, 3.63) is 33.1 Å². The van der Waals surface area contributed by atoms with Crippen molar-refractivity contribution in [3.8, 4) is 0 Å². The predicted octanol–water partition coefficient (Wildman–Crippen LogP) is 2.39. The van der Waals surface area contributed by atoms with E-state index in [4.69, 9.17) is 4.52 Å². The van der Waals surface area contributed by atoms with Gasteiger partial charge in [-0.1, -0.05) is 5.16 Å². The van der Waals surface area contributed by atoms with Gasteiger partial charge in [0.1, 0.15) is 5.76 Å². The molecule has 0 saturated heterocycles. The summed E-state index contributed by atoms with van der Waals surface area (Å²) in [6, 6.07) is 0. The minimum Gasteiger partial charge on any atom is -0.361 e. The lowest BCUT2D eigenvalue weighted by molar-refractivity contribution is 0.392. The third-order valence-electron chi connectivity index (χ3n) is 2.71. The van der Waals surface area contributed by atoms with E-state index in [1.807, 2.05) is 20.8 Å². The molecule has 0 aliphatic carbocycles. The summed E-state index contributed by atoms with van der Waals surface area (Å²) in [5.74, 6) is 0.902. The minimum atomic E-state index is 0.810. The summed E-state index contributed by atoms with van der Waals surface area (Å²) in [7, 11) is 0. The molecule has 1 N–H and O–H groups in total. The molecule has 2 aromatic heterocycles. The second kappa shape index (κ2) is 5.42. The van der Waals surface area contributed by atoms with Crippen molar-refractivity contribution in [2.75, 3.05) is 6.54 Å². The molecule has 0 bridgehead atoms. The maximum atomic E-state index is 5.11. The molecule has 0 amide bonds. The van der Waals surface area contributed by atoms with Crippen molar-refractivity contribution in [2.45, 2.75) is 33.7 Å². The first kappa shape index (κ1) is 12.3. The molecule has 0 aliphatic rings. The third-order valence-corrected chi connectivity index (χ3v) is 3.53. The quantitative estimate of drug-likeness (QED) is 0.829. The summed E-state index contributed by atoms with van der Waals surface area (Å²) >= 11 is 1.70. The molecule has 2 rings (SSSR count). The van der Waals surface area contributed by atoms with E-state index in [9.17, 15) is 0 Å². The highest BCUT2D eigenvalue weighted by Gasteiger charge is 2.07. The molecule has 0 spiro atoms. The van der Waals surface area contributed by atoms with Gasteiger partial charge in [0.15, 0.2) is 0 Å². The monoisotopic (exact) mass is 251 g/mol. The summed E-state index contributed by atoms with van der Waals surface area (Å²) in [5, 5.41) is 10.6. The number of aromatic nitrogens is 2. The molecule has 0 radical (unpaired) electrons. The van der Waals surface area contributed by atoms with Crippen molar-refractivity contribution in [2.24, 2.45) is 0 Å². The first-order valence-corrected chi connectivity index (χ1v) is 6.58. The van der Waals surface area contributed by atoms with Crippen molar-refractivity contribution in [3.63, 3.8) is 0 Å². The Kier molecular flexibility index (Phi) is 3.91. The second-order valence-corrected chi connectivity index (χ2v) is 5.15. The first-order valence-electron chi connectivity index (χ1n) is 5.70. The summed E-state index contributed by atoms with van der Waals surface area (Å²) in [6.45, 7) is 7.68. The van der Waals surface area contributed by atoms with Gasteiger partial charge in [-0.25, -0.2) is 4.98 Å². The SMILES string of the molecule is Cc1nc(CCNCc2c(C)noc2C)cs1. The molecular weight excluding hydrogens is 234 g/mol. The Labute approximate surface area is 105 Å². The van der Waals surface area contributed by atoms with E-state index < -0.39 is 0 Å². The van der Waals surface area contributed by atoms with Gasteiger partial charge in [0.25, 0.3) is 0 Å². The van der Waals surface area contributed by atoms with Crippen LogP contribution in [0.15, 0.2) is 9.90 Å². The number of hydrogen-bond donors (Lipinski definition) is 1. The highest BCUT2D eigenvalue weighted by atomic mass is 32.1. The molecule has 5 heteroatoms. The van der Waals surface area contributed by atoms with Gasteiger partial charge in [-0.05, 0) is 20.8 Å². The maximum absolute atomic E-state index is 5.11. The second-order valence-electron chi connectivity index (χ2n) is 4.09. The third kappa shape index (κ3) is 3.14. The average molecular weight is 251 g/mol. The van der Waals surface area contributed by atoms with E-state index in [2.05, 4.69) is 20.8 Å². The zero-order chi connectivity index (χ0) is 12.3. The molecule has 2 aromatic rings. The number of hydrogen-bond acceptors (Lipinski definition) is 5. The number of thiazole rings is 1. The smallest absolute Gasteiger partial charge is 0.138 e. The molecule has 0 aromatic carbocycles. The Morgan fingerprint density at radius 3 is 2.76 bits per heavy atom. The van der Waals surface area contributed by atoms with Gasteiger partial charge in [-0.2, -0.15) is 0 Å². The topological polar surface area (TPSA) is 51.0 Å². The number of nitrogens with zero attached hydrogens (tertiary/aromatic N) is 2. The van der Waals surface area contributed by atoms with E-state index in [0.29, 0.717) is 0 Å². The van der Waals surface area contributed by atoms with Crippen molar-refractivity contribution in [1.29, 1.82) is 0 Å². The zero-order valence-electron chi connectivity index (χ0n) is 10.4. The molecule has 0 unspecified atom stereocenters. The van der Waals surface area contributed by atoms with E-state index in [-0.39, 0.29) is 0 Å². The lowest BCUT2D eigenvalue weighted by atomic mass is 10.2. The molecule has 4 nitrogen and oxygen atoms in total. The molecule has 0 atom stereocenters.